The summed E-state index contributed by atoms with van der Waals surface area (Å²) >= 11 is 0. The van der Waals surface area contributed by atoms with Crippen LogP contribution in [0.2, 0.25) is 0 Å². The van der Waals surface area contributed by atoms with Crippen molar-refractivity contribution >= 4 is 16.0 Å². The first kappa shape index (κ1) is 15.6. The zero-order valence-corrected chi connectivity index (χ0v) is 11.6. The van der Waals surface area contributed by atoms with Gasteiger partial charge in [-0.1, -0.05) is 18.2 Å². The molecule has 0 unspecified atom stereocenters. The first-order chi connectivity index (χ1) is 8.92. The van der Waals surface area contributed by atoms with Crippen molar-refractivity contribution in [1.29, 1.82) is 0 Å². The molecule has 0 amide bonds. The van der Waals surface area contributed by atoms with Gasteiger partial charge in [0.15, 0.2) is 0 Å². The maximum absolute atomic E-state index is 11.9. The highest BCUT2D eigenvalue weighted by Crippen LogP contribution is 2.06. The number of nitrogens with one attached hydrogen (secondary N) is 1. The first-order valence-electron chi connectivity index (χ1n) is 5.87. The third-order valence-corrected chi connectivity index (χ3v) is 4.02. The van der Waals surface area contributed by atoms with E-state index in [0.717, 1.165) is 0 Å². The Kier molecular flexibility index (Phi) is 5.94. The molecule has 0 heterocycles. The Morgan fingerprint density at radius 1 is 1.26 bits per heavy atom. The molecule has 1 aromatic carbocycles. The molecule has 106 valence electrons. The molecule has 0 saturated carbocycles. The number of hydrogen-bond acceptors (Lipinski definition) is 4. The van der Waals surface area contributed by atoms with E-state index in [1.165, 1.54) is 12.1 Å². The Morgan fingerprint density at radius 3 is 2.47 bits per heavy atom. The minimum absolute atomic E-state index is 0.0436. The SMILES string of the molecule is CN(CCNS(=O)(=O)c1ccccc1)CCC(=O)O. The van der Waals surface area contributed by atoms with Crippen molar-refractivity contribution in [3.63, 3.8) is 0 Å². The zero-order chi connectivity index (χ0) is 14.3. The number of carboxylic acid groups (broad SMARTS) is 1. The summed E-state index contributed by atoms with van der Waals surface area (Å²) in [5.74, 6) is -0.864. The van der Waals surface area contributed by atoms with Gasteiger partial charge in [0.05, 0.1) is 11.3 Å². The van der Waals surface area contributed by atoms with Crippen molar-refractivity contribution in [2.75, 3.05) is 26.7 Å². The van der Waals surface area contributed by atoms with Gasteiger partial charge in [-0.3, -0.25) is 4.79 Å². The fraction of sp³-hybridized carbons (Fsp3) is 0.417. The van der Waals surface area contributed by atoms with E-state index in [9.17, 15) is 13.2 Å². The molecule has 0 aliphatic carbocycles. The van der Waals surface area contributed by atoms with Crippen LogP contribution in [0.4, 0.5) is 0 Å². The van der Waals surface area contributed by atoms with Gasteiger partial charge in [0.2, 0.25) is 10.0 Å². The fourth-order valence-corrected chi connectivity index (χ4v) is 2.49. The van der Waals surface area contributed by atoms with Crippen molar-refractivity contribution in [2.24, 2.45) is 0 Å². The highest BCUT2D eigenvalue weighted by molar-refractivity contribution is 7.89. The zero-order valence-electron chi connectivity index (χ0n) is 10.7. The van der Waals surface area contributed by atoms with Crippen LogP contribution in [0, 0.1) is 0 Å². The van der Waals surface area contributed by atoms with Crippen LogP contribution < -0.4 is 4.72 Å². The van der Waals surface area contributed by atoms with Crippen LogP contribution in [0.15, 0.2) is 35.2 Å². The normalized spacial score (nSPS) is 11.7. The van der Waals surface area contributed by atoms with Crippen LogP contribution >= 0.6 is 0 Å². The third-order valence-electron chi connectivity index (χ3n) is 2.55. The van der Waals surface area contributed by atoms with Crippen molar-refractivity contribution < 1.29 is 18.3 Å². The average molecular weight is 286 g/mol. The van der Waals surface area contributed by atoms with E-state index >= 15 is 0 Å². The Hall–Kier alpha value is -1.44. The van der Waals surface area contributed by atoms with Gasteiger partial charge < -0.3 is 10.0 Å². The maximum Gasteiger partial charge on any atom is 0.304 e. The lowest BCUT2D eigenvalue weighted by Crippen LogP contribution is -2.33. The number of hydrogen-bond donors (Lipinski definition) is 2. The molecule has 0 aliphatic heterocycles. The largest absolute Gasteiger partial charge is 0.481 e. The van der Waals surface area contributed by atoms with Crippen LogP contribution in [0.3, 0.4) is 0 Å². The van der Waals surface area contributed by atoms with E-state index < -0.39 is 16.0 Å². The van der Waals surface area contributed by atoms with Crippen LogP contribution in [0.1, 0.15) is 6.42 Å². The molecule has 0 fully saturated rings. The molecule has 19 heavy (non-hydrogen) atoms. The third kappa shape index (κ3) is 5.82. The van der Waals surface area contributed by atoms with Crippen LogP contribution in [-0.2, 0) is 14.8 Å². The summed E-state index contributed by atoms with van der Waals surface area (Å²) in [6.45, 7) is 1.09. The maximum atomic E-state index is 11.9. The lowest BCUT2D eigenvalue weighted by molar-refractivity contribution is -0.137. The minimum Gasteiger partial charge on any atom is -0.481 e. The predicted octanol–water partition coefficient (Wildman–Crippen LogP) is 0.371. The summed E-state index contributed by atoms with van der Waals surface area (Å²) in [6, 6.07) is 8.12. The highest BCUT2D eigenvalue weighted by atomic mass is 32.2. The topological polar surface area (TPSA) is 86.7 Å². The molecule has 0 atom stereocenters. The number of likely N-dealkylation sites (N-methyl/N-ethyl adjacent to an activating group) is 1. The minimum atomic E-state index is -3.48. The van der Waals surface area contributed by atoms with Crippen LogP contribution in [0.25, 0.3) is 0 Å². The second-order valence-electron chi connectivity index (χ2n) is 4.16. The quantitative estimate of drug-likeness (QED) is 0.721. The van der Waals surface area contributed by atoms with E-state index in [4.69, 9.17) is 5.11 Å². The summed E-state index contributed by atoms with van der Waals surface area (Å²) in [5.41, 5.74) is 0. The molecule has 0 saturated heterocycles. The van der Waals surface area contributed by atoms with Gasteiger partial charge in [-0.25, -0.2) is 13.1 Å². The Labute approximate surface area is 113 Å². The van der Waals surface area contributed by atoms with Gasteiger partial charge >= 0.3 is 5.97 Å². The summed E-state index contributed by atoms with van der Waals surface area (Å²) in [6.07, 6.45) is 0.0436. The Bertz CT molecular complexity index is 502. The molecular formula is C12H18N2O4S. The fourth-order valence-electron chi connectivity index (χ4n) is 1.45. The molecule has 0 spiro atoms. The summed E-state index contributed by atoms with van der Waals surface area (Å²) in [4.78, 5) is 12.4. The number of nitrogens with zero attached hydrogens (tertiary/aromatic N) is 1. The second kappa shape index (κ2) is 7.22. The Morgan fingerprint density at radius 2 is 1.89 bits per heavy atom. The van der Waals surface area contributed by atoms with Crippen molar-refractivity contribution in [3.05, 3.63) is 30.3 Å². The van der Waals surface area contributed by atoms with Crippen molar-refractivity contribution in [2.45, 2.75) is 11.3 Å². The number of rotatable bonds is 8. The van der Waals surface area contributed by atoms with E-state index in [0.29, 0.717) is 13.1 Å². The molecule has 0 aromatic heterocycles. The molecule has 6 nitrogen and oxygen atoms in total. The summed E-state index contributed by atoms with van der Waals surface area (Å²) in [5, 5.41) is 8.53. The molecule has 1 rings (SSSR count). The van der Waals surface area contributed by atoms with Crippen LogP contribution in [-0.4, -0.2) is 51.1 Å². The predicted molar refractivity (Wildman–Crippen MR) is 71.4 cm³/mol. The highest BCUT2D eigenvalue weighted by Gasteiger charge is 2.12. The average Bonchev–Trinajstić information content (AvgIpc) is 2.37. The number of carboxylic acids is 1. The molecule has 2 N–H and O–H groups in total. The van der Waals surface area contributed by atoms with Crippen LogP contribution in [0.5, 0.6) is 0 Å². The van der Waals surface area contributed by atoms with E-state index in [1.807, 2.05) is 0 Å². The molecule has 0 aliphatic rings. The summed E-state index contributed by atoms with van der Waals surface area (Å²) < 4.78 is 26.2. The van der Waals surface area contributed by atoms with Gasteiger partial charge in [0, 0.05) is 19.6 Å². The van der Waals surface area contributed by atoms with Crippen molar-refractivity contribution in [1.82, 2.24) is 9.62 Å². The van der Waals surface area contributed by atoms with E-state index in [-0.39, 0.29) is 17.9 Å². The monoisotopic (exact) mass is 286 g/mol. The number of carbonyl (C=O) groups is 1. The number of benzene rings is 1. The standard InChI is InChI=1S/C12H18N2O4S/c1-14(9-7-12(15)16)10-8-13-19(17,18)11-5-3-2-4-6-11/h2-6,13H,7-10H2,1H3,(H,15,16). The smallest absolute Gasteiger partial charge is 0.304 e. The second-order valence-corrected chi connectivity index (χ2v) is 5.92. The number of aliphatic carboxylic acids is 1. The molecular weight excluding hydrogens is 268 g/mol. The molecule has 0 radical (unpaired) electrons. The van der Waals surface area contributed by atoms with Gasteiger partial charge in [-0.05, 0) is 19.2 Å². The van der Waals surface area contributed by atoms with Gasteiger partial charge in [-0.2, -0.15) is 0 Å². The summed E-state index contributed by atoms with van der Waals surface area (Å²) in [7, 11) is -1.73. The molecule has 0 bridgehead atoms. The Balaban J connectivity index is 2.38. The van der Waals surface area contributed by atoms with E-state index in [1.54, 1.807) is 30.1 Å². The number of sulfonamides is 1. The van der Waals surface area contributed by atoms with Crippen molar-refractivity contribution in [3.8, 4) is 0 Å². The van der Waals surface area contributed by atoms with Gasteiger partial charge in [0.1, 0.15) is 0 Å². The molecule has 7 heteroatoms. The lowest BCUT2D eigenvalue weighted by Gasteiger charge is -2.15. The molecule has 1 aromatic rings. The van der Waals surface area contributed by atoms with Gasteiger partial charge in [-0.15, -0.1) is 0 Å². The first-order valence-corrected chi connectivity index (χ1v) is 7.35. The van der Waals surface area contributed by atoms with E-state index in [2.05, 4.69) is 4.72 Å². The van der Waals surface area contributed by atoms with Gasteiger partial charge in [0.25, 0.3) is 0 Å². The lowest BCUT2D eigenvalue weighted by atomic mass is 10.4.